The summed E-state index contributed by atoms with van der Waals surface area (Å²) in [5.74, 6) is -1.43. The molecule has 1 aliphatic carbocycles. The molecule has 0 unspecified atom stereocenters. The van der Waals surface area contributed by atoms with Crippen LogP contribution in [0.2, 0.25) is 0 Å². The highest BCUT2D eigenvalue weighted by Crippen LogP contribution is 2.38. The molecular formula is C22H29N3O5. The highest BCUT2D eigenvalue weighted by Gasteiger charge is 2.55. The number of para-hydroxylation sites is 1. The smallest absolute Gasteiger partial charge is 0.326 e. The number of nitrogens with one attached hydrogen (secondary N) is 2. The number of ether oxygens (including phenoxy) is 1. The van der Waals surface area contributed by atoms with E-state index in [4.69, 9.17) is 4.74 Å². The molecule has 2 N–H and O–H groups in total. The second-order valence-corrected chi connectivity index (χ2v) is 8.39. The lowest BCUT2D eigenvalue weighted by atomic mass is 9.73. The number of nitrogens with zero attached hydrogens (tertiary/aromatic N) is 1. The second kappa shape index (κ2) is 8.85. The summed E-state index contributed by atoms with van der Waals surface area (Å²) in [5.41, 5.74) is 0.715. The van der Waals surface area contributed by atoms with E-state index < -0.39 is 36.6 Å². The average molecular weight is 415 g/mol. The molecule has 1 aromatic rings. The first-order valence-electron chi connectivity index (χ1n) is 10.4. The summed E-state index contributed by atoms with van der Waals surface area (Å²) in [6, 6.07) is 6.83. The van der Waals surface area contributed by atoms with Crippen LogP contribution in [-0.4, -0.2) is 47.4 Å². The van der Waals surface area contributed by atoms with Crippen LogP contribution in [0, 0.1) is 5.92 Å². The van der Waals surface area contributed by atoms with Crippen LogP contribution in [0.15, 0.2) is 24.3 Å². The van der Waals surface area contributed by atoms with Crippen molar-refractivity contribution in [2.45, 2.75) is 57.9 Å². The molecule has 8 nitrogen and oxygen atoms in total. The van der Waals surface area contributed by atoms with Gasteiger partial charge in [-0.3, -0.25) is 19.3 Å². The SMILES string of the molecule is CC(C)c1ccccc1NC(=O)COC(=O)CN1C(=O)N[C@@]2(CCCC[C@H]2C)C1=O. The van der Waals surface area contributed by atoms with Crippen molar-refractivity contribution in [1.29, 1.82) is 0 Å². The minimum Gasteiger partial charge on any atom is -0.454 e. The number of anilines is 1. The molecule has 30 heavy (non-hydrogen) atoms. The number of esters is 1. The quantitative estimate of drug-likeness (QED) is 0.549. The molecule has 2 fully saturated rings. The third-order valence-electron chi connectivity index (χ3n) is 6.01. The van der Waals surface area contributed by atoms with Crippen molar-refractivity contribution in [2.75, 3.05) is 18.5 Å². The third kappa shape index (κ3) is 4.32. The number of hydrogen-bond acceptors (Lipinski definition) is 5. The highest BCUT2D eigenvalue weighted by molar-refractivity contribution is 6.09. The van der Waals surface area contributed by atoms with E-state index in [-0.39, 0.29) is 17.7 Å². The average Bonchev–Trinajstić information content (AvgIpc) is 2.94. The predicted octanol–water partition coefficient (Wildman–Crippen LogP) is 2.79. The summed E-state index contributed by atoms with van der Waals surface area (Å²) >= 11 is 0. The molecule has 1 aliphatic heterocycles. The van der Waals surface area contributed by atoms with E-state index in [0.29, 0.717) is 12.1 Å². The van der Waals surface area contributed by atoms with Crippen molar-refractivity contribution in [1.82, 2.24) is 10.2 Å². The van der Waals surface area contributed by atoms with Gasteiger partial charge < -0.3 is 15.4 Å². The van der Waals surface area contributed by atoms with Gasteiger partial charge in [-0.25, -0.2) is 4.79 Å². The predicted molar refractivity (Wildman–Crippen MR) is 111 cm³/mol. The van der Waals surface area contributed by atoms with Gasteiger partial charge in [0.1, 0.15) is 12.1 Å². The molecule has 1 saturated heterocycles. The molecule has 2 aliphatic rings. The molecule has 0 aromatic heterocycles. The molecule has 162 valence electrons. The first kappa shape index (κ1) is 21.8. The highest BCUT2D eigenvalue weighted by atomic mass is 16.5. The Balaban J connectivity index is 1.54. The Kier molecular flexibility index (Phi) is 6.43. The Morgan fingerprint density at radius 3 is 2.70 bits per heavy atom. The molecule has 1 spiro atoms. The lowest BCUT2D eigenvalue weighted by Gasteiger charge is -2.36. The molecule has 4 amide bonds. The van der Waals surface area contributed by atoms with E-state index in [1.807, 2.05) is 39.0 Å². The zero-order valence-electron chi connectivity index (χ0n) is 17.7. The molecule has 1 saturated carbocycles. The van der Waals surface area contributed by atoms with Gasteiger partial charge in [0.05, 0.1) is 0 Å². The molecule has 8 heteroatoms. The summed E-state index contributed by atoms with van der Waals surface area (Å²) in [6.07, 6.45) is 3.29. The first-order valence-corrected chi connectivity index (χ1v) is 10.4. The van der Waals surface area contributed by atoms with Gasteiger partial charge in [0.15, 0.2) is 6.61 Å². The maximum Gasteiger partial charge on any atom is 0.326 e. The van der Waals surface area contributed by atoms with E-state index in [1.54, 1.807) is 6.07 Å². The summed E-state index contributed by atoms with van der Waals surface area (Å²) in [5, 5.41) is 5.52. The van der Waals surface area contributed by atoms with E-state index >= 15 is 0 Å². The summed E-state index contributed by atoms with van der Waals surface area (Å²) in [7, 11) is 0. The number of rotatable bonds is 6. The fraction of sp³-hybridized carbons (Fsp3) is 0.545. The minimum atomic E-state index is -0.923. The third-order valence-corrected chi connectivity index (χ3v) is 6.01. The van der Waals surface area contributed by atoms with Crippen molar-refractivity contribution >= 4 is 29.5 Å². The van der Waals surface area contributed by atoms with Gasteiger partial charge >= 0.3 is 12.0 Å². The number of benzene rings is 1. The van der Waals surface area contributed by atoms with Crippen LogP contribution in [0.4, 0.5) is 10.5 Å². The Morgan fingerprint density at radius 2 is 2.00 bits per heavy atom. The van der Waals surface area contributed by atoms with Gasteiger partial charge in [0, 0.05) is 5.69 Å². The van der Waals surface area contributed by atoms with E-state index in [9.17, 15) is 19.2 Å². The van der Waals surface area contributed by atoms with Crippen LogP contribution < -0.4 is 10.6 Å². The largest absolute Gasteiger partial charge is 0.454 e. The van der Waals surface area contributed by atoms with Crippen LogP contribution in [0.25, 0.3) is 0 Å². The molecule has 1 aromatic carbocycles. The van der Waals surface area contributed by atoms with Crippen LogP contribution in [0.3, 0.4) is 0 Å². The molecule has 0 bridgehead atoms. The Hall–Kier alpha value is -2.90. The first-order chi connectivity index (χ1) is 14.2. The molecule has 1 heterocycles. The van der Waals surface area contributed by atoms with Gasteiger partial charge in [-0.05, 0) is 36.3 Å². The van der Waals surface area contributed by atoms with Crippen LogP contribution in [-0.2, 0) is 19.1 Å². The van der Waals surface area contributed by atoms with Gasteiger partial charge in [-0.15, -0.1) is 0 Å². The number of amides is 4. The van der Waals surface area contributed by atoms with Crippen molar-refractivity contribution in [3.8, 4) is 0 Å². The van der Waals surface area contributed by atoms with Gasteiger partial charge in [-0.1, -0.05) is 51.8 Å². The summed E-state index contributed by atoms with van der Waals surface area (Å²) < 4.78 is 5.01. The van der Waals surface area contributed by atoms with Crippen molar-refractivity contribution < 1.29 is 23.9 Å². The van der Waals surface area contributed by atoms with Crippen LogP contribution >= 0.6 is 0 Å². The lowest BCUT2D eigenvalue weighted by Crippen LogP contribution is -2.54. The van der Waals surface area contributed by atoms with Crippen LogP contribution in [0.1, 0.15) is 57.9 Å². The van der Waals surface area contributed by atoms with Crippen LogP contribution in [0.5, 0.6) is 0 Å². The Bertz CT molecular complexity index is 853. The van der Waals surface area contributed by atoms with Gasteiger partial charge in [0.25, 0.3) is 11.8 Å². The van der Waals surface area contributed by atoms with E-state index in [1.165, 1.54) is 0 Å². The number of hydrogen-bond donors (Lipinski definition) is 2. The van der Waals surface area contributed by atoms with E-state index in [0.717, 1.165) is 29.7 Å². The monoisotopic (exact) mass is 415 g/mol. The van der Waals surface area contributed by atoms with Crippen molar-refractivity contribution in [3.05, 3.63) is 29.8 Å². The molecular weight excluding hydrogens is 386 g/mol. The van der Waals surface area contributed by atoms with Gasteiger partial charge in [0.2, 0.25) is 0 Å². The summed E-state index contributed by atoms with van der Waals surface area (Å²) in [6.45, 7) is 4.98. The number of carbonyl (C=O) groups excluding carboxylic acids is 4. The topological polar surface area (TPSA) is 105 Å². The number of carbonyl (C=O) groups is 4. The standard InChI is InChI=1S/C22H29N3O5/c1-14(2)16-9-4-5-10-17(16)23-18(26)13-30-19(27)12-25-20(28)22(24-21(25)29)11-7-6-8-15(22)3/h4-5,9-10,14-15H,6-8,11-13H2,1-3H3,(H,23,26)(H,24,29)/t15-,22-/m1/s1. The van der Waals surface area contributed by atoms with Crippen molar-refractivity contribution in [2.24, 2.45) is 5.92 Å². The summed E-state index contributed by atoms with van der Waals surface area (Å²) in [4.78, 5) is 50.5. The maximum atomic E-state index is 12.9. The fourth-order valence-electron chi connectivity index (χ4n) is 4.26. The Morgan fingerprint density at radius 1 is 1.27 bits per heavy atom. The lowest BCUT2D eigenvalue weighted by molar-refractivity contribution is -0.150. The minimum absolute atomic E-state index is 0.00974. The molecule has 2 atom stereocenters. The van der Waals surface area contributed by atoms with E-state index in [2.05, 4.69) is 10.6 Å². The zero-order chi connectivity index (χ0) is 21.9. The molecule has 0 radical (unpaired) electrons. The molecule has 3 rings (SSSR count). The normalized spacial score (nSPS) is 23.6. The zero-order valence-corrected chi connectivity index (χ0v) is 17.7. The second-order valence-electron chi connectivity index (χ2n) is 8.39. The maximum absolute atomic E-state index is 12.9. The number of imide groups is 1. The number of urea groups is 1. The fourth-order valence-corrected chi connectivity index (χ4v) is 4.26. The van der Waals surface area contributed by atoms with Crippen molar-refractivity contribution in [3.63, 3.8) is 0 Å². The van der Waals surface area contributed by atoms with Gasteiger partial charge in [-0.2, -0.15) is 0 Å². The Labute approximate surface area is 176 Å².